The second-order valence-electron chi connectivity index (χ2n) is 5.34. The lowest BCUT2D eigenvalue weighted by Gasteiger charge is -2.06. The molecule has 4 nitrogen and oxygen atoms in total. The van der Waals surface area contributed by atoms with Gasteiger partial charge in [0, 0.05) is 0 Å². The molecular formula is C19H17NO3. The van der Waals surface area contributed by atoms with E-state index in [1.807, 2.05) is 42.5 Å². The molecule has 4 heteroatoms. The van der Waals surface area contributed by atoms with Crippen LogP contribution in [-0.4, -0.2) is 11.1 Å². The van der Waals surface area contributed by atoms with E-state index < -0.39 is 5.97 Å². The number of nitrogens with zero attached hydrogens (tertiary/aromatic N) is 1. The Labute approximate surface area is 134 Å². The molecule has 3 rings (SSSR count). The van der Waals surface area contributed by atoms with Gasteiger partial charge in [0.1, 0.15) is 17.9 Å². The van der Waals surface area contributed by atoms with Crippen molar-refractivity contribution >= 4 is 5.97 Å². The topological polar surface area (TPSA) is 52.3 Å². The van der Waals surface area contributed by atoms with Crippen LogP contribution in [0.1, 0.15) is 27.4 Å². The largest absolute Gasteiger partial charge is 0.457 e. The van der Waals surface area contributed by atoms with Crippen molar-refractivity contribution in [1.29, 1.82) is 0 Å². The Balaban J connectivity index is 1.66. The number of hydrogen-bond donors (Lipinski definition) is 0. The summed E-state index contributed by atoms with van der Waals surface area (Å²) in [6.45, 7) is 3.64. The minimum Gasteiger partial charge on any atom is -0.457 e. The zero-order valence-corrected chi connectivity index (χ0v) is 13.1. The number of esters is 1. The van der Waals surface area contributed by atoms with Gasteiger partial charge in [-0.3, -0.25) is 0 Å². The lowest BCUT2D eigenvalue weighted by Crippen LogP contribution is -2.07. The quantitative estimate of drug-likeness (QED) is 0.674. The van der Waals surface area contributed by atoms with Gasteiger partial charge in [-0.05, 0) is 30.5 Å². The molecular weight excluding hydrogens is 290 g/mol. The summed E-state index contributed by atoms with van der Waals surface area (Å²) in [7, 11) is 0. The summed E-state index contributed by atoms with van der Waals surface area (Å²) in [5.74, 6) is 0.0697. The van der Waals surface area contributed by atoms with Crippen molar-refractivity contribution in [3.05, 3.63) is 77.2 Å². The Morgan fingerprint density at radius 3 is 2.26 bits per heavy atom. The molecule has 1 heterocycles. The molecule has 0 atom stereocenters. The number of ether oxygens (including phenoxy) is 1. The van der Waals surface area contributed by atoms with Gasteiger partial charge >= 0.3 is 5.97 Å². The molecule has 0 fully saturated rings. The first-order chi connectivity index (χ1) is 11.1. The van der Waals surface area contributed by atoms with E-state index in [9.17, 15) is 4.79 Å². The molecule has 0 aliphatic carbocycles. The van der Waals surface area contributed by atoms with E-state index in [-0.39, 0.29) is 6.61 Å². The summed E-state index contributed by atoms with van der Waals surface area (Å²) >= 11 is 0. The van der Waals surface area contributed by atoms with Gasteiger partial charge < -0.3 is 9.26 Å². The highest BCUT2D eigenvalue weighted by molar-refractivity contribution is 5.91. The summed E-state index contributed by atoms with van der Waals surface area (Å²) in [5.41, 5.74) is 4.18. The maximum atomic E-state index is 12.1. The van der Waals surface area contributed by atoms with Gasteiger partial charge in [0.05, 0.1) is 5.69 Å². The number of hydrogen-bond acceptors (Lipinski definition) is 4. The van der Waals surface area contributed by atoms with Crippen molar-refractivity contribution in [2.75, 3.05) is 0 Å². The predicted octanol–water partition coefficient (Wildman–Crippen LogP) is 4.32. The monoisotopic (exact) mass is 307 g/mol. The second kappa shape index (κ2) is 6.48. The fraction of sp³-hybridized carbons (Fsp3) is 0.158. The molecule has 0 radical (unpaired) electrons. The fourth-order valence-corrected chi connectivity index (χ4v) is 2.42. The standard InChI is InChI=1S/C19H17NO3/c1-13-18(14(2)23-20-13)19(21)22-12-15-8-10-17(11-9-15)16-6-4-3-5-7-16/h3-11H,12H2,1-2H3. The van der Waals surface area contributed by atoms with E-state index in [1.54, 1.807) is 13.8 Å². The van der Waals surface area contributed by atoms with Crippen molar-refractivity contribution in [3.63, 3.8) is 0 Å². The summed E-state index contributed by atoms with van der Waals surface area (Å²) in [6.07, 6.45) is 0. The van der Waals surface area contributed by atoms with Crippen LogP contribution < -0.4 is 0 Å². The summed E-state index contributed by atoms with van der Waals surface area (Å²) in [4.78, 5) is 12.1. The van der Waals surface area contributed by atoms with Gasteiger partial charge in [0.15, 0.2) is 0 Å². The van der Waals surface area contributed by atoms with Gasteiger partial charge in [-0.2, -0.15) is 0 Å². The molecule has 3 aromatic rings. The molecule has 0 bridgehead atoms. The van der Waals surface area contributed by atoms with Gasteiger partial charge in [-0.25, -0.2) is 4.79 Å². The Bertz CT molecular complexity index is 785. The normalized spacial score (nSPS) is 10.5. The third-order valence-electron chi connectivity index (χ3n) is 3.67. The first kappa shape index (κ1) is 15.0. The van der Waals surface area contributed by atoms with Crippen LogP contribution in [0, 0.1) is 13.8 Å². The molecule has 0 unspecified atom stereocenters. The lowest BCUT2D eigenvalue weighted by atomic mass is 10.0. The molecule has 23 heavy (non-hydrogen) atoms. The average molecular weight is 307 g/mol. The van der Waals surface area contributed by atoms with E-state index in [0.29, 0.717) is 17.0 Å². The number of carbonyl (C=O) groups is 1. The molecule has 0 N–H and O–H groups in total. The average Bonchev–Trinajstić information content (AvgIpc) is 2.93. The van der Waals surface area contributed by atoms with E-state index in [0.717, 1.165) is 16.7 Å². The first-order valence-electron chi connectivity index (χ1n) is 7.39. The van der Waals surface area contributed by atoms with Crippen molar-refractivity contribution < 1.29 is 14.1 Å². The van der Waals surface area contributed by atoms with Crippen molar-refractivity contribution in [2.45, 2.75) is 20.5 Å². The van der Waals surface area contributed by atoms with Crippen LogP contribution in [0.25, 0.3) is 11.1 Å². The highest BCUT2D eigenvalue weighted by atomic mass is 16.5. The minimum atomic E-state index is -0.409. The van der Waals surface area contributed by atoms with Crippen molar-refractivity contribution in [1.82, 2.24) is 5.16 Å². The van der Waals surface area contributed by atoms with Crippen LogP contribution in [0.3, 0.4) is 0 Å². The van der Waals surface area contributed by atoms with E-state index >= 15 is 0 Å². The maximum Gasteiger partial charge on any atom is 0.344 e. The number of carbonyl (C=O) groups excluding carboxylic acids is 1. The summed E-state index contributed by atoms with van der Waals surface area (Å²) in [6, 6.07) is 18.1. The van der Waals surface area contributed by atoms with Crippen molar-refractivity contribution in [2.24, 2.45) is 0 Å². The third kappa shape index (κ3) is 3.31. The maximum absolute atomic E-state index is 12.1. The number of benzene rings is 2. The Morgan fingerprint density at radius 2 is 1.65 bits per heavy atom. The highest BCUT2D eigenvalue weighted by Gasteiger charge is 2.18. The molecule has 0 saturated carbocycles. The zero-order chi connectivity index (χ0) is 16.2. The molecule has 1 aromatic heterocycles. The van der Waals surface area contributed by atoms with Crippen LogP contribution in [0.4, 0.5) is 0 Å². The number of aromatic nitrogens is 1. The first-order valence-corrected chi connectivity index (χ1v) is 7.39. The number of rotatable bonds is 4. The smallest absolute Gasteiger partial charge is 0.344 e. The van der Waals surface area contributed by atoms with Gasteiger partial charge in [-0.1, -0.05) is 59.8 Å². The highest BCUT2D eigenvalue weighted by Crippen LogP contribution is 2.20. The predicted molar refractivity (Wildman–Crippen MR) is 87.0 cm³/mol. The van der Waals surface area contributed by atoms with Crippen molar-refractivity contribution in [3.8, 4) is 11.1 Å². The van der Waals surface area contributed by atoms with Gasteiger partial charge in [0.2, 0.25) is 0 Å². The molecule has 0 aliphatic rings. The minimum absolute atomic E-state index is 0.220. The summed E-state index contributed by atoms with van der Waals surface area (Å²) in [5, 5.41) is 3.76. The third-order valence-corrected chi connectivity index (χ3v) is 3.67. The Kier molecular flexibility index (Phi) is 4.24. The van der Waals surface area contributed by atoms with Gasteiger partial charge in [0.25, 0.3) is 0 Å². The second-order valence-corrected chi connectivity index (χ2v) is 5.34. The van der Waals surface area contributed by atoms with Gasteiger partial charge in [-0.15, -0.1) is 0 Å². The van der Waals surface area contributed by atoms with Crippen LogP contribution in [0.2, 0.25) is 0 Å². The lowest BCUT2D eigenvalue weighted by molar-refractivity contribution is 0.0470. The molecule has 0 spiro atoms. The van der Waals surface area contributed by atoms with Crippen LogP contribution in [0.15, 0.2) is 59.1 Å². The molecule has 0 aliphatic heterocycles. The fourth-order valence-electron chi connectivity index (χ4n) is 2.42. The Hall–Kier alpha value is -2.88. The van der Waals surface area contributed by atoms with E-state index in [2.05, 4.69) is 17.3 Å². The molecule has 0 saturated heterocycles. The van der Waals surface area contributed by atoms with E-state index in [1.165, 1.54) is 0 Å². The summed E-state index contributed by atoms with van der Waals surface area (Å²) < 4.78 is 10.3. The molecule has 2 aromatic carbocycles. The SMILES string of the molecule is Cc1noc(C)c1C(=O)OCc1ccc(-c2ccccc2)cc1. The van der Waals surface area contributed by atoms with Crippen LogP contribution in [0.5, 0.6) is 0 Å². The molecule has 0 amide bonds. The zero-order valence-electron chi connectivity index (χ0n) is 13.1. The molecule has 116 valence electrons. The van der Waals surface area contributed by atoms with E-state index in [4.69, 9.17) is 9.26 Å². The van der Waals surface area contributed by atoms with Crippen LogP contribution >= 0.6 is 0 Å². The van der Waals surface area contributed by atoms with Crippen LogP contribution in [-0.2, 0) is 11.3 Å². The number of aryl methyl sites for hydroxylation is 2. The Morgan fingerprint density at radius 1 is 1.00 bits per heavy atom.